The van der Waals surface area contributed by atoms with Crippen LogP contribution in [0.15, 0.2) is 23.1 Å². The Labute approximate surface area is 93.9 Å². The van der Waals surface area contributed by atoms with Crippen LogP contribution < -0.4 is 5.73 Å². The molecule has 4 nitrogen and oxygen atoms in total. The molecule has 0 heterocycles. The standard InChI is InChI=1S/C9H12ClNO3S/c1-14-4-5-15(12,13)9-6-7(10)2-3-8(9)11/h2-3,6H,4-5,11H2,1H3. The lowest BCUT2D eigenvalue weighted by Crippen LogP contribution is -2.13. The summed E-state index contributed by atoms with van der Waals surface area (Å²) in [5.74, 6) is -0.103. The van der Waals surface area contributed by atoms with E-state index in [9.17, 15) is 8.42 Å². The van der Waals surface area contributed by atoms with Crippen molar-refractivity contribution in [2.24, 2.45) is 0 Å². The molecule has 84 valence electrons. The van der Waals surface area contributed by atoms with E-state index >= 15 is 0 Å². The third kappa shape index (κ3) is 3.09. The predicted octanol–water partition coefficient (Wildman–Crippen LogP) is 1.34. The number of nitrogens with two attached hydrogens (primary N) is 1. The van der Waals surface area contributed by atoms with E-state index in [2.05, 4.69) is 0 Å². The summed E-state index contributed by atoms with van der Waals surface area (Å²) in [7, 11) is -1.97. The SMILES string of the molecule is COCCS(=O)(=O)c1cc(Cl)ccc1N. The summed E-state index contributed by atoms with van der Waals surface area (Å²) in [6, 6.07) is 4.37. The second-order valence-electron chi connectivity index (χ2n) is 2.99. The van der Waals surface area contributed by atoms with Gasteiger partial charge in [-0.2, -0.15) is 0 Å². The van der Waals surface area contributed by atoms with Crippen LogP contribution >= 0.6 is 11.6 Å². The first-order chi connectivity index (χ1) is 6.97. The third-order valence-corrected chi connectivity index (χ3v) is 3.83. The van der Waals surface area contributed by atoms with Gasteiger partial charge in [0, 0.05) is 12.1 Å². The normalized spacial score (nSPS) is 11.6. The number of hydrogen-bond acceptors (Lipinski definition) is 4. The van der Waals surface area contributed by atoms with Gasteiger partial charge in [-0.05, 0) is 18.2 Å². The number of halogens is 1. The number of rotatable bonds is 4. The molecule has 0 saturated carbocycles. The van der Waals surface area contributed by atoms with Crippen LogP contribution in [0.2, 0.25) is 5.02 Å². The number of anilines is 1. The van der Waals surface area contributed by atoms with E-state index < -0.39 is 9.84 Å². The number of methoxy groups -OCH3 is 1. The second-order valence-corrected chi connectivity index (χ2v) is 5.51. The highest BCUT2D eigenvalue weighted by molar-refractivity contribution is 7.91. The molecular formula is C9H12ClNO3S. The van der Waals surface area contributed by atoms with Crippen molar-refractivity contribution in [3.05, 3.63) is 23.2 Å². The predicted molar refractivity (Wildman–Crippen MR) is 59.8 cm³/mol. The minimum Gasteiger partial charge on any atom is -0.398 e. The van der Waals surface area contributed by atoms with Crippen molar-refractivity contribution in [1.29, 1.82) is 0 Å². The largest absolute Gasteiger partial charge is 0.398 e. The molecule has 1 rings (SSSR count). The zero-order valence-electron chi connectivity index (χ0n) is 8.23. The smallest absolute Gasteiger partial charge is 0.182 e. The molecule has 0 unspecified atom stereocenters. The van der Waals surface area contributed by atoms with Gasteiger partial charge in [0.2, 0.25) is 0 Å². The third-order valence-electron chi connectivity index (χ3n) is 1.87. The molecule has 0 bridgehead atoms. The van der Waals surface area contributed by atoms with Gasteiger partial charge in [0.25, 0.3) is 0 Å². The molecule has 1 aromatic carbocycles. The average molecular weight is 250 g/mol. The van der Waals surface area contributed by atoms with Crippen molar-refractivity contribution in [3.8, 4) is 0 Å². The highest BCUT2D eigenvalue weighted by atomic mass is 35.5. The maximum atomic E-state index is 11.7. The van der Waals surface area contributed by atoms with Gasteiger partial charge >= 0.3 is 0 Å². The number of ether oxygens (including phenoxy) is 1. The average Bonchev–Trinajstić information content (AvgIpc) is 2.18. The van der Waals surface area contributed by atoms with Gasteiger partial charge in [0.1, 0.15) is 0 Å². The van der Waals surface area contributed by atoms with E-state index in [1.54, 1.807) is 6.07 Å². The molecule has 2 N–H and O–H groups in total. The summed E-state index contributed by atoms with van der Waals surface area (Å²) in [6.07, 6.45) is 0. The molecule has 6 heteroatoms. The molecule has 0 aliphatic heterocycles. The Kier molecular flexibility index (Phi) is 3.96. The topological polar surface area (TPSA) is 69.4 Å². The monoisotopic (exact) mass is 249 g/mol. The fraction of sp³-hybridized carbons (Fsp3) is 0.333. The van der Waals surface area contributed by atoms with E-state index in [0.717, 1.165) is 0 Å². The summed E-state index contributed by atoms with van der Waals surface area (Å²) in [5, 5.41) is 0.347. The Bertz CT molecular complexity index is 445. The molecule has 15 heavy (non-hydrogen) atoms. The van der Waals surface area contributed by atoms with Crippen molar-refractivity contribution in [2.75, 3.05) is 25.2 Å². The van der Waals surface area contributed by atoms with Gasteiger partial charge in [-0.3, -0.25) is 0 Å². The maximum absolute atomic E-state index is 11.7. The van der Waals surface area contributed by atoms with E-state index in [1.807, 2.05) is 0 Å². The fourth-order valence-electron chi connectivity index (χ4n) is 1.08. The molecule has 1 aromatic rings. The van der Waals surface area contributed by atoms with Crippen LogP contribution in [-0.2, 0) is 14.6 Å². The summed E-state index contributed by atoms with van der Waals surface area (Å²) >= 11 is 5.71. The highest BCUT2D eigenvalue weighted by Gasteiger charge is 2.17. The van der Waals surface area contributed by atoms with Crippen LogP contribution in [0.1, 0.15) is 0 Å². The van der Waals surface area contributed by atoms with Crippen LogP contribution in [0.25, 0.3) is 0 Å². The number of benzene rings is 1. The van der Waals surface area contributed by atoms with Crippen molar-refractivity contribution in [2.45, 2.75) is 4.90 Å². The Balaban J connectivity index is 3.09. The van der Waals surface area contributed by atoms with E-state index in [4.69, 9.17) is 22.1 Å². The first kappa shape index (κ1) is 12.3. The number of hydrogen-bond donors (Lipinski definition) is 1. The Morgan fingerprint density at radius 1 is 1.47 bits per heavy atom. The van der Waals surface area contributed by atoms with Crippen LogP contribution in [0.3, 0.4) is 0 Å². The molecule has 0 atom stereocenters. The molecule has 0 spiro atoms. The maximum Gasteiger partial charge on any atom is 0.182 e. The lowest BCUT2D eigenvalue weighted by molar-refractivity contribution is 0.217. The molecule has 0 saturated heterocycles. The van der Waals surface area contributed by atoms with Crippen LogP contribution in [0.5, 0.6) is 0 Å². The molecule has 0 fully saturated rings. The molecular weight excluding hydrogens is 238 g/mol. The Hall–Kier alpha value is -0.780. The van der Waals surface area contributed by atoms with Gasteiger partial charge in [0.15, 0.2) is 9.84 Å². The van der Waals surface area contributed by atoms with Gasteiger partial charge in [-0.15, -0.1) is 0 Å². The number of nitrogen functional groups attached to an aromatic ring is 1. The molecule has 0 radical (unpaired) electrons. The van der Waals surface area contributed by atoms with Crippen molar-refractivity contribution in [3.63, 3.8) is 0 Å². The zero-order chi connectivity index (χ0) is 11.5. The van der Waals surface area contributed by atoms with E-state index in [-0.39, 0.29) is 22.9 Å². The van der Waals surface area contributed by atoms with E-state index in [0.29, 0.717) is 5.02 Å². The highest BCUT2D eigenvalue weighted by Crippen LogP contribution is 2.23. The first-order valence-electron chi connectivity index (χ1n) is 4.24. The quantitative estimate of drug-likeness (QED) is 0.818. The van der Waals surface area contributed by atoms with Crippen LogP contribution in [0, 0.1) is 0 Å². The van der Waals surface area contributed by atoms with Crippen molar-refractivity contribution in [1.82, 2.24) is 0 Å². The second kappa shape index (κ2) is 4.83. The van der Waals surface area contributed by atoms with Gasteiger partial charge in [0.05, 0.1) is 22.9 Å². The minimum absolute atomic E-state index is 0.0621. The van der Waals surface area contributed by atoms with Gasteiger partial charge in [-0.1, -0.05) is 11.6 Å². The van der Waals surface area contributed by atoms with Crippen molar-refractivity contribution < 1.29 is 13.2 Å². The van der Waals surface area contributed by atoms with Crippen LogP contribution in [0.4, 0.5) is 5.69 Å². The van der Waals surface area contributed by atoms with Crippen LogP contribution in [-0.4, -0.2) is 27.9 Å². The zero-order valence-corrected chi connectivity index (χ0v) is 9.81. The Morgan fingerprint density at radius 2 is 2.13 bits per heavy atom. The first-order valence-corrected chi connectivity index (χ1v) is 6.27. The minimum atomic E-state index is -3.41. The molecule has 0 aromatic heterocycles. The molecule has 0 amide bonds. The molecule has 0 aliphatic rings. The Morgan fingerprint density at radius 3 is 2.73 bits per heavy atom. The number of sulfone groups is 1. The summed E-state index contributed by atoms with van der Waals surface area (Å²) < 4.78 is 28.2. The lowest BCUT2D eigenvalue weighted by atomic mass is 10.3. The van der Waals surface area contributed by atoms with Gasteiger partial charge < -0.3 is 10.5 Å². The summed E-state index contributed by atoms with van der Waals surface area (Å²) in [5.41, 5.74) is 5.77. The van der Waals surface area contributed by atoms with Gasteiger partial charge in [-0.25, -0.2) is 8.42 Å². The summed E-state index contributed by atoms with van der Waals surface area (Å²) in [6.45, 7) is 0.133. The van der Waals surface area contributed by atoms with Crippen molar-refractivity contribution >= 4 is 27.1 Å². The fourth-order valence-corrected chi connectivity index (χ4v) is 2.66. The van der Waals surface area contributed by atoms with E-state index in [1.165, 1.54) is 19.2 Å². The molecule has 0 aliphatic carbocycles. The summed E-state index contributed by atoms with van der Waals surface area (Å²) in [4.78, 5) is 0.0621. The lowest BCUT2D eigenvalue weighted by Gasteiger charge is -2.07.